The van der Waals surface area contributed by atoms with Crippen molar-refractivity contribution in [3.8, 4) is 0 Å². The maximum absolute atomic E-state index is 12.6. The summed E-state index contributed by atoms with van der Waals surface area (Å²) in [7, 11) is -0.578. The van der Waals surface area contributed by atoms with Crippen molar-refractivity contribution in [2.75, 3.05) is 44.4 Å². The van der Waals surface area contributed by atoms with Crippen LogP contribution in [0.3, 0.4) is 0 Å². The second-order valence-electron chi connectivity index (χ2n) is 7.36. The Balaban J connectivity index is 2.15. The first kappa shape index (κ1) is 21.7. The van der Waals surface area contributed by atoms with Gasteiger partial charge in [-0.2, -0.15) is 0 Å². The maximum Gasteiger partial charge on any atom is 0.242 e. The van der Waals surface area contributed by atoms with E-state index in [0.717, 1.165) is 31.6 Å². The lowest BCUT2D eigenvalue weighted by atomic mass is 9.85. The lowest BCUT2D eigenvalue weighted by Crippen LogP contribution is -2.34. The summed E-state index contributed by atoms with van der Waals surface area (Å²) in [6, 6.07) is 4.78. The molecular formula is C19H32N4O3S. The smallest absolute Gasteiger partial charge is 0.242 e. The number of sulfonamides is 1. The van der Waals surface area contributed by atoms with E-state index in [1.54, 1.807) is 12.1 Å². The molecule has 2 rings (SSSR count). The molecular weight excluding hydrogens is 364 g/mol. The van der Waals surface area contributed by atoms with E-state index in [0.29, 0.717) is 24.6 Å². The topological polar surface area (TPSA) is 90.5 Å². The van der Waals surface area contributed by atoms with Crippen LogP contribution >= 0.6 is 0 Å². The fourth-order valence-electron chi connectivity index (χ4n) is 3.37. The highest BCUT2D eigenvalue weighted by Gasteiger charge is 2.23. The minimum Gasteiger partial charge on any atom is -0.384 e. The van der Waals surface area contributed by atoms with E-state index in [-0.39, 0.29) is 16.7 Å². The van der Waals surface area contributed by atoms with Crippen LogP contribution in [0.1, 0.15) is 33.1 Å². The van der Waals surface area contributed by atoms with Crippen molar-refractivity contribution >= 4 is 27.3 Å². The van der Waals surface area contributed by atoms with Crippen molar-refractivity contribution < 1.29 is 13.2 Å². The van der Waals surface area contributed by atoms with E-state index in [1.807, 2.05) is 6.92 Å². The van der Waals surface area contributed by atoms with Gasteiger partial charge >= 0.3 is 0 Å². The molecule has 27 heavy (non-hydrogen) atoms. The van der Waals surface area contributed by atoms with Crippen LogP contribution in [-0.4, -0.2) is 52.4 Å². The van der Waals surface area contributed by atoms with Gasteiger partial charge in [0.05, 0.1) is 16.3 Å². The highest BCUT2D eigenvalue weighted by atomic mass is 32.2. The largest absolute Gasteiger partial charge is 0.384 e. The molecule has 3 N–H and O–H groups in total. The predicted octanol–water partition coefficient (Wildman–Crippen LogP) is 2.33. The minimum absolute atomic E-state index is 0.0911. The molecule has 1 aromatic carbocycles. The molecule has 1 saturated heterocycles. The number of hydrogen-bond acceptors (Lipinski definition) is 5. The van der Waals surface area contributed by atoms with Gasteiger partial charge in [-0.05, 0) is 62.9 Å². The summed E-state index contributed by atoms with van der Waals surface area (Å²) in [4.78, 5) is 12.8. The zero-order valence-electron chi connectivity index (χ0n) is 16.7. The first-order valence-electron chi connectivity index (χ1n) is 9.56. The van der Waals surface area contributed by atoms with Crippen LogP contribution < -0.4 is 16.0 Å². The van der Waals surface area contributed by atoms with Crippen LogP contribution in [0.15, 0.2) is 23.1 Å². The van der Waals surface area contributed by atoms with Crippen molar-refractivity contribution in [1.29, 1.82) is 0 Å². The first-order valence-corrected chi connectivity index (χ1v) is 11.0. The Morgan fingerprint density at radius 2 is 2.07 bits per heavy atom. The molecule has 1 aromatic rings. The van der Waals surface area contributed by atoms with Crippen molar-refractivity contribution in [3.63, 3.8) is 0 Å². The summed E-state index contributed by atoms with van der Waals surface area (Å²) in [6.45, 7) is 6.73. The van der Waals surface area contributed by atoms with Gasteiger partial charge in [-0.3, -0.25) is 4.79 Å². The average Bonchev–Trinajstić information content (AvgIpc) is 2.63. The van der Waals surface area contributed by atoms with Crippen LogP contribution in [0, 0.1) is 11.8 Å². The fourth-order valence-corrected chi connectivity index (χ4v) is 4.30. The molecule has 1 aliphatic heterocycles. The molecule has 152 valence electrons. The first-order chi connectivity index (χ1) is 12.8. The number of piperidine rings is 1. The number of rotatable bonds is 8. The highest BCUT2D eigenvalue weighted by Crippen LogP contribution is 2.28. The summed E-state index contributed by atoms with van der Waals surface area (Å²) in [5.74, 6) is 0.680. The zero-order valence-corrected chi connectivity index (χ0v) is 17.5. The molecule has 0 saturated carbocycles. The second kappa shape index (κ2) is 9.52. The van der Waals surface area contributed by atoms with Gasteiger partial charge in [0.2, 0.25) is 15.9 Å². The van der Waals surface area contributed by atoms with Gasteiger partial charge in [0, 0.05) is 27.1 Å². The molecule has 0 radical (unpaired) electrons. The van der Waals surface area contributed by atoms with Crippen molar-refractivity contribution in [2.45, 2.75) is 38.0 Å². The molecule has 1 amide bonds. The van der Waals surface area contributed by atoms with Gasteiger partial charge in [-0.15, -0.1) is 0 Å². The summed E-state index contributed by atoms with van der Waals surface area (Å²) in [5, 5.41) is 9.47. The molecule has 2 atom stereocenters. The Bertz CT molecular complexity index is 743. The van der Waals surface area contributed by atoms with E-state index in [4.69, 9.17) is 0 Å². The zero-order chi connectivity index (χ0) is 20.0. The van der Waals surface area contributed by atoms with Gasteiger partial charge in [0.25, 0.3) is 0 Å². The number of carbonyl (C=O) groups is 1. The number of nitrogens with one attached hydrogen (secondary N) is 3. The third kappa shape index (κ3) is 5.67. The quantitative estimate of drug-likeness (QED) is 0.627. The van der Waals surface area contributed by atoms with Crippen LogP contribution in [0.4, 0.5) is 11.4 Å². The normalized spacial score (nSPS) is 18.9. The molecule has 1 fully saturated rings. The number of nitrogens with zero attached hydrogens (tertiary/aromatic N) is 1. The maximum atomic E-state index is 12.6. The summed E-state index contributed by atoms with van der Waals surface area (Å²) in [5.41, 5.74) is 1.22. The van der Waals surface area contributed by atoms with E-state index >= 15 is 0 Å². The molecule has 2 unspecified atom stereocenters. The number of hydrogen-bond donors (Lipinski definition) is 3. The lowest BCUT2D eigenvalue weighted by Gasteiger charge is -2.28. The Kier molecular flexibility index (Phi) is 7.64. The van der Waals surface area contributed by atoms with Gasteiger partial charge in [-0.1, -0.05) is 6.92 Å². The molecule has 0 bridgehead atoms. The number of anilines is 2. The van der Waals surface area contributed by atoms with Crippen LogP contribution in [0.2, 0.25) is 0 Å². The van der Waals surface area contributed by atoms with E-state index < -0.39 is 10.0 Å². The highest BCUT2D eigenvalue weighted by molar-refractivity contribution is 7.89. The Hall–Kier alpha value is -1.64. The van der Waals surface area contributed by atoms with Gasteiger partial charge in [0.1, 0.15) is 0 Å². The van der Waals surface area contributed by atoms with Crippen LogP contribution in [0.5, 0.6) is 0 Å². The molecule has 1 heterocycles. The Morgan fingerprint density at radius 3 is 2.67 bits per heavy atom. The second-order valence-corrected chi connectivity index (χ2v) is 9.51. The van der Waals surface area contributed by atoms with Gasteiger partial charge in [0.15, 0.2) is 0 Å². The fraction of sp³-hybridized carbons (Fsp3) is 0.632. The molecule has 7 nitrogen and oxygen atoms in total. The predicted molar refractivity (Wildman–Crippen MR) is 109 cm³/mol. The van der Waals surface area contributed by atoms with Crippen molar-refractivity contribution in [1.82, 2.24) is 9.62 Å². The van der Waals surface area contributed by atoms with Gasteiger partial charge < -0.3 is 16.0 Å². The van der Waals surface area contributed by atoms with Crippen LogP contribution in [-0.2, 0) is 14.8 Å². The Morgan fingerprint density at radius 1 is 1.33 bits per heavy atom. The molecule has 0 spiro atoms. The standard InChI is InChI=1S/C19H32N4O3S/c1-5-21-17-9-8-16(27(25,26)23(3)4)12-18(17)22-19(24)11-14(2)15-7-6-10-20-13-15/h8-9,12,14-15,20-21H,5-7,10-11,13H2,1-4H3,(H,22,24). The van der Waals surface area contributed by atoms with Crippen molar-refractivity contribution in [3.05, 3.63) is 18.2 Å². The number of amides is 1. The number of benzene rings is 1. The van der Waals surface area contributed by atoms with E-state index in [2.05, 4.69) is 22.9 Å². The number of carbonyl (C=O) groups excluding carboxylic acids is 1. The van der Waals surface area contributed by atoms with Gasteiger partial charge in [-0.25, -0.2) is 12.7 Å². The van der Waals surface area contributed by atoms with Crippen molar-refractivity contribution in [2.24, 2.45) is 11.8 Å². The van der Waals surface area contributed by atoms with Crippen LogP contribution in [0.25, 0.3) is 0 Å². The molecule has 8 heteroatoms. The molecule has 0 aromatic heterocycles. The van der Waals surface area contributed by atoms with E-state index in [9.17, 15) is 13.2 Å². The monoisotopic (exact) mass is 396 g/mol. The summed E-state index contributed by atoms with van der Waals surface area (Å²) < 4.78 is 26.0. The summed E-state index contributed by atoms with van der Waals surface area (Å²) >= 11 is 0. The molecule has 1 aliphatic rings. The lowest BCUT2D eigenvalue weighted by molar-refractivity contribution is -0.117. The third-order valence-corrected chi connectivity index (χ3v) is 6.87. The summed E-state index contributed by atoms with van der Waals surface area (Å²) in [6.07, 6.45) is 2.70. The minimum atomic E-state index is -3.56. The Labute approximate surface area is 163 Å². The van der Waals surface area contributed by atoms with E-state index in [1.165, 1.54) is 24.5 Å². The SMILES string of the molecule is CCNc1ccc(S(=O)(=O)N(C)C)cc1NC(=O)CC(C)C1CCCNC1. The molecule has 0 aliphatic carbocycles. The third-order valence-electron chi connectivity index (χ3n) is 5.06. The average molecular weight is 397 g/mol.